The average Bonchev–Trinajstić information content (AvgIpc) is 2.63. The van der Waals surface area contributed by atoms with Gasteiger partial charge in [0.2, 0.25) is 0 Å². The van der Waals surface area contributed by atoms with E-state index in [1.807, 2.05) is 0 Å². The van der Waals surface area contributed by atoms with Crippen LogP contribution in [0.3, 0.4) is 0 Å². The van der Waals surface area contributed by atoms with E-state index < -0.39 is 71.4 Å². The molecular formula is C16H16ClF4N5O5S. The normalized spacial score (nSPS) is 12.2. The van der Waals surface area contributed by atoms with E-state index in [0.29, 0.717) is 18.6 Å². The molecule has 1 amide bonds. The number of nitrogens with two attached hydrogens (primary N) is 1. The van der Waals surface area contributed by atoms with Gasteiger partial charge in [-0.1, -0.05) is 18.5 Å². The van der Waals surface area contributed by atoms with Crippen LogP contribution in [-0.4, -0.2) is 41.9 Å². The zero-order valence-electron chi connectivity index (χ0n) is 16.4. The molecule has 16 heteroatoms. The number of aromatic amines is 1. The van der Waals surface area contributed by atoms with Gasteiger partial charge in [-0.05, 0) is 18.6 Å². The van der Waals surface area contributed by atoms with E-state index in [9.17, 15) is 40.4 Å². The summed E-state index contributed by atoms with van der Waals surface area (Å²) in [5.74, 6) is 2.24. The summed E-state index contributed by atoms with van der Waals surface area (Å²) >= 11 is 5.78. The maximum atomic E-state index is 14.5. The van der Waals surface area contributed by atoms with Crippen LogP contribution >= 0.6 is 11.6 Å². The molecule has 1 aromatic carbocycles. The zero-order chi connectivity index (χ0) is 24.6. The average molecular weight is 502 g/mol. The molecule has 0 aliphatic heterocycles. The van der Waals surface area contributed by atoms with Gasteiger partial charge in [0.15, 0.2) is 5.69 Å². The first kappa shape index (κ1) is 25.4. The SMILES string of the molecule is CCCN(C)S(=O)(=O)NC(=O)c1cc(-c2c(C(F)(F)F)n(N)c(=O)[nH]c2=O)c(F)cc1Cl. The van der Waals surface area contributed by atoms with Crippen LogP contribution < -0.4 is 21.8 Å². The number of carbonyl (C=O) groups excluding carboxylic acids is 1. The highest BCUT2D eigenvalue weighted by Crippen LogP contribution is 2.36. The van der Waals surface area contributed by atoms with Crippen molar-refractivity contribution in [2.45, 2.75) is 19.5 Å². The fourth-order valence-corrected chi connectivity index (χ4v) is 3.84. The Balaban J connectivity index is 2.73. The molecule has 0 spiro atoms. The van der Waals surface area contributed by atoms with Gasteiger partial charge in [0.1, 0.15) is 5.82 Å². The first-order chi connectivity index (χ1) is 14.6. The summed E-state index contributed by atoms with van der Waals surface area (Å²) in [4.78, 5) is 37.6. The summed E-state index contributed by atoms with van der Waals surface area (Å²) < 4.78 is 81.4. The Bertz CT molecular complexity index is 1290. The highest BCUT2D eigenvalue weighted by Gasteiger charge is 2.40. The fourth-order valence-electron chi connectivity index (χ4n) is 2.68. The highest BCUT2D eigenvalue weighted by molar-refractivity contribution is 7.87. The molecule has 2 aromatic rings. The molecule has 0 aliphatic carbocycles. The summed E-state index contributed by atoms with van der Waals surface area (Å²) in [7, 11) is -3.19. The van der Waals surface area contributed by atoms with Gasteiger partial charge in [-0.2, -0.15) is 25.9 Å². The van der Waals surface area contributed by atoms with E-state index in [0.717, 1.165) is 11.4 Å². The Labute approximate surface area is 182 Å². The van der Waals surface area contributed by atoms with Crippen LogP contribution in [0, 0.1) is 5.82 Å². The number of hydrogen-bond donors (Lipinski definition) is 3. The number of alkyl halides is 3. The maximum absolute atomic E-state index is 14.5. The monoisotopic (exact) mass is 501 g/mol. The maximum Gasteiger partial charge on any atom is 0.434 e. The zero-order valence-corrected chi connectivity index (χ0v) is 18.0. The van der Waals surface area contributed by atoms with Crippen molar-refractivity contribution in [2.24, 2.45) is 0 Å². The molecule has 0 radical (unpaired) electrons. The van der Waals surface area contributed by atoms with Gasteiger partial charge in [0.05, 0.1) is 16.1 Å². The predicted molar refractivity (Wildman–Crippen MR) is 106 cm³/mol. The van der Waals surface area contributed by atoms with Gasteiger partial charge in [0.25, 0.3) is 11.5 Å². The van der Waals surface area contributed by atoms with Crippen LogP contribution in [0.5, 0.6) is 0 Å². The second-order valence-electron chi connectivity index (χ2n) is 6.42. The summed E-state index contributed by atoms with van der Waals surface area (Å²) in [5.41, 5.74) is -8.51. The third-order valence-electron chi connectivity index (χ3n) is 4.15. The molecule has 4 N–H and O–H groups in total. The number of benzene rings is 1. The number of nitrogens with one attached hydrogen (secondary N) is 2. The fraction of sp³-hybridized carbons (Fsp3) is 0.312. The molecule has 0 saturated carbocycles. The Morgan fingerprint density at radius 2 is 1.91 bits per heavy atom. The largest absolute Gasteiger partial charge is 0.434 e. The van der Waals surface area contributed by atoms with Crippen molar-refractivity contribution in [3.8, 4) is 11.1 Å². The van der Waals surface area contributed by atoms with Gasteiger partial charge in [-0.3, -0.25) is 14.6 Å². The molecule has 0 unspecified atom stereocenters. The number of hydrogen-bond acceptors (Lipinski definition) is 6. The molecule has 1 heterocycles. The number of nitrogens with zero attached hydrogens (tertiary/aromatic N) is 2. The third kappa shape index (κ3) is 4.94. The van der Waals surface area contributed by atoms with Crippen LogP contribution in [-0.2, 0) is 16.4 Å². The van der Waals surface area contributed by atoms with Crippen molar-refractivity contribution in [3.63, 3.8) is 0 Å². The lowest BCUT2D eigenvalue weighted by Gasteiger charge is -2.18. The van der Waals surface area contributed by atoms with Crippen LogP contribution in [0.1, 0.15) is 29.4 Å². The summed E-state index contributed by atoms with van der Waals surface area (Å²) in [6, 6.07) is 0.867. The molecule has 0 fully saturated rings. The molecule has 2 rings (SSSR count). The van der Waals surface area contributed by atoms with E-state index in [2.05, 4.69) is 0 Å². The Hall–Kier alpha value is -2.91. The van der Waals surface area contributed by atoms with Crippen molar-refractivity contribution in [2.75, 3.05) is 19.4 Å². The highest BCUT2D eigenvalue weighted by atomic mass is 35.5. The van der Waals surface area contributed by atoms with Crippen LogP contribution in [0.15, 0.2) is 21.7 Å². The van der Waals surface area contributed by atoms with Gasteiger partial charge in [-0.25, -0.2) is 18.6 Å². The van der Waals surface area contributed by atoms with E-state index in [4.69, 9.17) is 17.4 Å². The minimum absolute atomic E-state index is 0.0351. The van der Waals surface area contributed by atoms with Crippen molar-refractivity contribution >= 4 is 27.7 Å². The lowest BCUT2D eigenvalue weighted by atomic mass is 10.0. The van der Waals surface area contributed by atoms with Gasteiger partial charge >= 0.3 is 22.1 Å². The molecule has 1 aromatic heterocycles. The molecule has 0 aliphatic rings. The third-order valence-corrected chi connectivity index (χ3v) is 5.91. The van der Waals surface area contributed by atoms with E-state index in [1.54, 1.807) is 11.6 Å². The predicted octanol–water partition coefficient (Wildman–Crippen LogP) is 1.05. The smallest absolute Gasteiger partial charge is 0.335 e. The number of aromatic nitrogens is 2. The number of H-pyrrole nitrogens is 1. The second kappa shape index (κ2) is 8.91. The Morgan fingerprint density at radius 3 is 2.44 bits per heavy atom. The first-order valence-corrected chi connectivity index (χ1v) is 10.4. The number of amides is 1. The van der Waals surface area contributed by atoms with E-state index in [-0.39, 0.29) is 6.54 Å². The summed E-state index contributed by atoms with van der Waals surface area (Å²) in [5, 5.41) is -0.650. The molecule has 10 nitrogen and oxygen atoms in total. The van der Waals surface area contributed by atoms with Crippen molar-refractivity contribution in [3.05, 3.63) is 55.1 Å². The molecule has 0 saturated heterocycles. The quantitative estimate of drug-likeness (QED) is 0.398. The summed E-state index contributed by atoms with van der Waals surface area (Å²) in [6.45, 7) is 1.71. The second-order valence-corrected chi connectivity index (χ2v) is 8.61. The van der Waals surface area contributed by atoms with Crippen LogP contribution in [0.2, 0.25) is 5.02 Å². The minimum Gasteiger partial charge on any atom is -0.335 e. The van der Waals surface area contributed by atoms with Crippen LogP contribution in [0.25, 0.3) is 11.1 Å². The number of halogens is 5. The van der Waals surface area contributed by atoms with Crippen molar-refractivity contribution in [1.82, 2.24) is 18.7 Å². The topological polar surface area (TPSA) is 147 Å². The molecule has 32 heavy (non-hydrogen) atoms. The standard InChI is InChI=1S/C16H16ClF4N5O5S/c1-3-4-25(2)32(30,31)24-13(27)7-5-8(10(18)6-9(7)17)11-12(16(19,20)21)26(22)15(29)23-14(11)28/h5-6H,3-4,22H2,1-2H3,(H,24,27)(H,23,28,29). The lowest BCUT2D eigenvalue weighted by molar-refractivity contribution is -0.143. The van der Waals surface area contributed by atoms with Gasteiger partial charge in [0, 0.05) is 19.2 Å². The molecular weight excluding hydrogens is 486 g/mol. The van der Waals surface area contributed by atoms with Gasteiger partial charge < -0.3 is 5.84 Å². The van der Waals surface area contributed by atoms with Crippen molar-refractivity contribution < 1.29 is 30.8 Å². The lowest BCUT2D eigenvalue weighted by Crippen LogP contribution is -2.42. The summed E-state index contributed by atoms with van der Waals surface area (Å²) in [6.07, 6.45) is -4.97. The number of carbonyl (C=O) groups is 1. The van der Waals surface area contributed by atoms with E-state index in [1.165, 1.54) is 4.98 Å². The number of nitrogen functional groups attached to an aromatic ring is 1. The Morgan fingerprint density at radius 1 is 1.31 bits per heavy atom. The molecule has 0 bridgehead atoms. The van der Waals surface area contributed by atoms with Crippen LogP contribution in [0.4, 0.5) is 17.6 Å². The Kier molecular flexibility index (Phi) is 7.06. The number of rotatable bonds is 6. The minimum atomic E-state index is -5.38. The van der Waals surface area contributed by atoms with E-state index >= 15 is 0 Å². The van der Waals surface area contributed by atoms with Crippen molar-refractivity contribution in [1.29, 1.82) is 0 Å². The van der Waals surface area contributed by atoms with Gasteiger partial charge in [-0.15, -0.1) is 0 Å². The molecule has 0 atom stereocenters. The molecule has 176 valence electrons. The first-order valence-electron chi connectivity index (χ1n) is 8.61.